The highest BCUT2D eigenvalue weighted by molar-refractivity contribution is 6.30. The third kappa shape index (κ3) is 3.65. The van der Waals surface area contributed by atoms with Crippen molar-refractivity contribution >= 4 is 11.6 Å². The SMILES string of the molecule is COc1cc(CN[C@@H](C)c2ccc(Cl)cc2)ccc1O. The van der Waals surface area contributed by atoms with Crippen molar-refractivity contribution in [2.75, 3.05) is 7.11 Å². The van der Waals surface area contributed by atoms with Gasteiger partial charge in [-0.2, -0.15) is 0 Å². The monoisotopic (exact) mass is 291 g/mol. The molecule has 0 saturated heterocycles. The van der Waals surface area contributed by atoms with E-state index in [9.17, 15) is 5.11 Å². The lowest BCUT2D eigenvalue weighted by Gasteiger charge is -2.15. The maximum Gasteiger partial charge on any atom is 0.160 e. The molecule has 2 aromatic rings. The second-order valence-electron chi connectivity index (χ2n) is 4.66. The van der Waals surface area contributed by atoms with Gasteiger partial charge in [-0.05, 0) is 42.3 Å². The summed E-state index contributed by atoms with van der Waals surface area (Å²) >= 11 is 5.88. The molecule has 106 valence electrons. The van der Waals surface area contributed by atoms with Crippen LogP contribution in [0.1, 0.15) is 24.1 Å². The van der Waals surface area contributed by atoms with Gasteiger partial charge in [0.25, 0.3) is 0 Å². The second-order valence-corrected chi connectivity index (χ2v) is 5.10. The lowest BCUT2D eigenvalue weighted by atomic mass is 10.1. The van der Waals surface area contributed by atoms with Crippen molar-refractivity contribution < 1.29 is 9.84 Å². The van der Waals surface area contributed by atoms with Crippen molar-refractivity contribution in [3.05, 3.63) is 58.6 Å². The zero-order chi connectivity index (χ0) is 14.5. The molecule has 0 bridgehead atoms. The number of ether oxygens (including phenoxy) is 1. The normalized spacial score (nSPS) is 12.2. The van der Waals surface area contributed by atoms with Gasteiger partial charge in [0.1, 0.15) is 0 Å². The highest BCUT2D eigenvalue weighted by atomic mass is 35.5. The van der Waals surface area contributed by atoms with Gasteiger partial charge in [-0.3, -0.25) is 0 Å². The number of aromatic hydroxyl groups is 1. The van der Waals surface area contributed by atoms with Crippen LogP contribution in [0.25, 0.3) is 0 Å². The van der Waals surface area contributed by atoms with E-state index in [1.807, 2.05) is 36.4 Å². The van der Waals surface area contributed by atoms with E-state index in [0.717, 1.165) is 10.6 Å². The number of hydrogen-bond acceptors (Lipinski definition) is 3. The number of hydrogen-bond donors (Lipinski definition) is 2. The summed E-state index contributed by atoms with van der Waals surface area (Å²) < 4.78 is 5.10. The molecule has 0 fully saturated rings. The molecular weight excluding hydrogens is 274 g/mol. The fourth-order valence-electron chi connectivity index (χ4n) is 1.97. The zero-order valence-electron chi connectivity index (χ0n) is 11.6. The van der Waals surface area contributed by atoms with Crippen LogP contribution < -0.4 is 10.1 Å². The number of rotatable bonds is 5. The van der Waals surface area contributed by atoms with Crippen LogP contribution in [0.5, 0.6) is 11.5 Å². The smallest absolute Gasteiger partial charge is 0.160 e. The maximum atomic E-state index is 9.56. The molecule has 0 radical (unpaired) electrons. The minimum atomic E-state index is 0.155. The topological polar surface area (TPSA) is 41.5 Å². The summed E-state index contributed by atoms with van der Waals surface area (Å²) in [6, 6.07) is 13.4. The van der Waals surface area contributed by atoms with Crippen molar-refractivity contribution in [3.8, 4) is 11.5 Å². The van der Waals surface area contributed by atoms with E-state index in [-0.39, 0.29) is 11.8 Å². The van der Waals surface area contributed by atoms with Gasteiger partial charge in [0.2, 0.25) is 0 Å². The molecule has 2 aromatic carbocycles. The summed E-state index contributed by atoms with van der Waals surface area (Å²) in [6.07, 6.45) is 0. The van der Waals surface area contributed by atoms with Crippen molar-refractivity contribution in [2.45, 2.75) is 19.5 Å². The summed E-state index contributed by atoms with van der Waals surface area (Å²) in [5, 5.41) is 13.7. The quantitative estimate of drug-likeness (QED) is 0.878. The van der Waals surface area contributed by atoms with Crippen molar-refractivity contribution in [1.82, 2.24) is 5.32 Å². The van der Waals surface area contributed by atoms with E-state index in [4.69, 9.17) is 16.3 Å². The molecule has 0 aliphatic heterocycles. The molecule has 3 nitrogen and oxygen atoms in total. The Labute approximate surface area is 124 Å². The molecule has 0 amide bonds. The highest BCUT2D eigenvalue weighted by Crippen LogP contribution is 2.26. The van der Waals surface area contributed by atoms with Crippen LogP contribution in [-0.2, 0) is 6.54 Å². The van der Waals surface area contributed by atoms with Gasteiger partial charge in [0.05, 0.1) is 7.11 Å². The van der Waals surface area contributed by atoms with E-state index in [1.54, 1.807) is 13.2 Å². The number of phenols is 1. The van der Waals surface area contributed by atoms with E-state index in [0.29, 0.717) is 12.3 Å². The van der Waals surface area contributed by atoms with Gasteiger partial charge in [-0.15, -0.1) is 0 Å². The van der Waals surface area contributed by atoms with E-state index in [1.165, 1.54) is 5.56 Å². The fourth-order valence-corrected chi connectivity index (χ4v) is 2.10. The molecule has 1 atom stereocenters. The van der Waals surface area contributed by atoms with Gasteiger partial charge in [0.15, 0.2) is 11.5 Å². The Morgan fingerprint density at radius 3 is 2.55 bits per heavy atom. The van der Waals surface area contributed by atoms with Crippen LogP contribution in [0.15, 0.2) is 42.5 Å². The summed E-state index contributed by atoms with van der Waals surface area (Å²) in [5.41, 5.74) is 2.24. The standard InChI is InChI=1S/C16H18ClNO2/c1-11(13-4-6-14(17)7-5-13)18-10-12-3-8-15(19)16(9-12)20-2/h3-9,11,18-19H,10H2,1-2H3/t11-/m0/s1. The first-order chi connectivity index (χ1) is 9.60. The predicted molar refractivity (Wildman–Crippen MR) is 81.4 cm³/mol. The number of methoxy groups -OCH3 is 1. The fraction of sp³-hybridized carbons (Fsp3) is 0.250. The summed E-state index contributed by atoms with van der Waals surface area (Å²) in [7, 11) is 1.54. The number of nitrogens with one attached hydrogen (secondary N) is 1. The average Bonchev–Trinajstić information content (AvgIpc) is 2.46. The van der Waals surface area contributed by atoms with Gasteiger partial charge in [0, 0.05) is 17.6 Å². The molecule has 0 unspecified atom stereocenters. The Morgan fingerprint density at radius 1 is 1.20 bits per heavy atom. The molecule has 0 aliphatic rings. The summed E-state index contributed by atoms with van der Waals surface area (Å²) in [6.45, 7) is 2.79. The van der Waals surface area contributed by atoms with Crippen LogP contribution in [0.4, 0.5) is 0 Å². The van der Waals surface area contributed by atoms with Crippen LogP contribution in [-0.4, -0.2) is 12.2 Å². The van der Waals surface area contributed by atoms with Crippen molar-refractivity contribution in [2.24, 2.45) is 0 Å². The zero-order valence-corrected chi connectivity index (χ0v) is 12.3. The molecule has 4 heteroatoms. The largest absolute Gasteiger partial charge is 0.504 e. The van der Waals surface area contributed by atoms with Crippen molar-refractivity contribution in [1.29, 1.82) is 0 Å². The van der Waals surface area contributed by atoms with E-state index < -0.39 is 0 Å². The number of phenolic OH excluding ortho intramolecular Hbond substituents is 1. The molecule has 0 spiro atoms. The summed E-state index contributed by atoms with van der Waals surface area (Å²) in [5.74, 6) is 0.644. The van der Waals surface area contributed by atoms with Crippen LogP contribution in [0.3, 0.4) is 0 Å². The van der Waals surface area contributed by atoms with Gasteiger partial charge in [-0.1, -0.05) is 29.8 Å². The van der Waals surface area contributed by atoms with Crippen LogP contribution in [0.2, 0.25) is 5.02 Å². The second kappa shape index (κ2) is 6.64. The van der Waals surface area contributed by atoms with Crippen LogP contribution >= 0.6 is 11.6 Å². The molecule has 0 aliphatic carbocycles. The molecule has 0 saturated carbocycles. The Kier molecular flexibility index (Phi) is 4.88. The molecule has 20 heavy (non-hydrogen) atoms. The Balaban J connectivity index is 1.99. The van der Waals surface area contributed by atoms with Gasteiger partial charge in [-0.25, -0.2) is 0 Å². The Morgan fingerprint density at radius 2 is 1.90 bits per heavy atom. The third-order valence-corrected chi connectivity index (χ3v) is 3.48. The van der Waals surface area contributed by atoms with E-state index in [2.05, 4.69) is 12.2 Å². The maximum absolute atomic E-state index is 9.56. The number of benzene rings is 2. The Hall–Kier alpha value is -1.71. The first kappa shape index (κ1) is 14.7. The molecule has 0 heterocycles. The van der Waals surface area contributed by atoms with E-state index >= 15 is 0 Å². The molecule has 0 aromatic heterocycles. The molecule has 2 N–H and O–H groups in total. The third-order valence-electron chi connectivity index (χ3n) is 3.23. The van der Waals surface area contributed by atoms with Crippen LogP contribution in [0, 0.1) is 0 Å². The van der Waals surface area contributed by atoms with Gasteiger partial charge < -0.3 is 15.2 Å². The average molecular weight is 292 g/mol. The lowest BCUT2D eigenvalue weighted by molar-refractivity contribution is 0.372. The first-order valence-electron chi connectivity index (χ1n) is 6.45. The number of halogens is 1. The van der Waals surface area contributed by atoms with Gasteiger partial charge >= 0.3 is 0 Å². The lowest BCUT2D eigenvalue weighted by Crippen LogP contribution is -2.18. The Bertz CT molecular complexity index is 569. The molecule has 2 rings (SSSR count). The molecular formula is C16H18ClNO2. The minimum absolute atomic E-state index is 0.155. The predicted octanol–water partition coefficient (Wildman–Crippen LogP) is 3.91. The first-order valence-corrected chi connectivity index (χ1v) is 6.82. The van der Waals surface area contributed by atoms with Crippen molar-refractivity contribution in [3.63, 3.8) is 0 Å². The highest BCUT2D eigenvalue weighted by Gasteiger charge is 2.06. The summed E-state index contributed by atoms with van der Waals surface area (Å²) in [4.78, 5) is 0. The minimum Gasteiger partial charge on any atom is -0.504 e.